The zero-order chi connectivity index (χ0) is 15.5. The fourth-order valence-electron chi connectivity index (χ4n) is 3.79. The lowest BCUT2D eigenvalue weighted by Gasteiger charge is -2.48. The number of rotatable bonds is 2. The number of ether oxygens (including phenoxy) is 2. The molecule has 2 aromatic carbocycles. The maximum Gasteiger partial charge on any atom is 0.187 e. The number of hydrogen-bond donors (Lipinski definition) is 1. The first-order valence-electron chi connectivity index (χ1n) is 8.49. The number of benzene rings is 2. The van der Waals surface area contributed by atoms with Gasteiger partial charge in [0.1, 0.15) is 0 Å². The lowest BCUT2D eigenvalue weighted by Crippen LogP contribution is -2.56. The van der Waals surface area contributed by atoms with E-state index in [1.165, 1.54) is 11.1 Å². The molecule has 2 aromatic rings. The van der Waals surface area contributed by atoms with Crippen LogP contribution in [0.5, 0.6) is 0 Å². The first-order chi connectivity index (χ1) is 11.4. The van der Waals surface area contributed by atoms with E-state index in [9.17, 15) is 0 Å². The lowest BCUT2D eigenvalue weighted by molar-refractivity contribution is -0.289. The summed E-state index contributed by atoms with van der Waals surface area (Å²) in [4.78, 5) is 0. The highest BCUT2D eigenvalue weighted by atomic mass is 16.7. The van der Waals surface area contributed by atoms with Crippen LogP contribution in [-0.2, 0) is 9.47 Å². The van der Waals surface area contributed by atoms with Crippen molar-refractivity contribution in [3.8, 4) is 0 Å². The molecule has 0 amide bonds. The number of hydrogen-bond acceptors (Lipinski definition) is 3. The molecule has 2 fully saturated rings. The second kappa shape index (κ2) is 6.44. The van der Waals surface area contributed by atoms with Gasteiger partial charge in [0.05, 0.1) is 19.3 Å². The molecule has 0 aliphatic carbocycles. The van der Waals surface area contributed by atoms with Gasteiger partial charge in [-0.3, -0.25) is 0 Å². The Morgan fingerprint density at radius 3 is 2.22 bits per heavy atom. The minimum Gasteiger partial charge on any atom is -0.347 e. The molecule has 3 heteroatoms. The summed E-state index contributed by atoms with van der Waals surface area (Å²) in [5.74, 6) is -0.0611. The average molecular weight is 309 g/mol. The largest absolute Gasteiger partial charge is 0.347 e. The molecule has 1 N–H and O–H groups in total. The quantitative estimate of drug-likeness (QED) is 0.919. The molecule has 23 heavy (non-hydrogen) atoms. The van der Waals surface area contributed by atoms with Crippen LogP contribution < -0.4 is 5.32 Å². The van der Waals surface area contributed by atoms with Crippen LogP contribution in [0.1, 0.15) is 35.9 Å². The molecule has 2 heterocycles. The van der Waals surface area contributed by atoms with E-state index in [-0.39, 0.29) is 6.04 Å². The summed E-state index contributed by atoms with van der Waals surface area (Å²) in [5, 5.41) is 3.60. The van der Waals surface area contributed by atoms with Crippen molar-refractivity contribution in [2.24, 2.45) is 0 Å². The van der Waals surface area contributed by atoms with Crippen LogP contribution in [0.25, 0.3) is 0 Å². The summed E-state index contributed by atoms with van der Waals surface area (Å²) in [6.07, 6.45) is 2.01. The van der Waals surface area contributed by atoms with Crippen molar-refractivity contribution in [3.05, 3.63) is 71.8 Å². The summed E-state index contributed by atoms with van der Waals surface area (Å²) in [5.41, 5.74) is 2.60. The van der Waals surface area contributed by atoms with Crippen molar-refractivity contribution in [1.82, 2.24) is 5.32 Å². The number of nitrogens with one attached hydrogen (secondary N) is 1. The summed E-state index contributed by atoms with van der Waals surface area (Å²) in [6.45, 7) is 2.29. The Balaban J connectivity index is 1.54. The van der Waals surface area contributed by atoms with Crippen molar-refractivity contribution in [1.29, 1.82) is 0 Å². The Bertz CT molecular complexity index is 621. The Labute approximate surface area is 137 Å². The zero-order valence-electron chi connectivity index (χ0n) is 13.3. The second-order valence-corrected chi connectivity index (χ2v) is 6.42. The van der Waals surface area contributed by atoms with Crippen molar-refractivity contribution in [2.45, 2.75) is 30.6 Å². The molecule has 0 bridgehead atoms. The summed E-state index contributed by atoms with van der Waals surface area (Å²) >= 11 is 0. The first kappa shape index (κ1) is 14.9. The molecule has 2 aliphatic heterocycles. The predicted octanol–water partition coefficient (Wildman–Crippen LogP) is 3.64. The monoisotopic (exact) mass is 309 g/mol. The molecular weight excluding hydrogens is 286 g/mol. The van der Waals surface area contributed by atoms with Gasteiger partial charge in [-0.25, -0.2) is 0 Å². The smallest absolute Gasteiger partial charge is 0.187 e. The van der Waals surface area contributed by atoms with Gasteiger partial charge in [-0.1, -0.05) is 60.7 Å². The normalized spacial score (nSPS) is 31.1. The van der Waals surface area contributed by atoms with Crippen molar-refractivity contribution >= 4 is 0 Å². The van der Waals surface area contributed by atoms with Gasteiger partial charge in [0.25, 0.3) is 0 Å². The minimum absolute atomic E-state index is 0.106. The Hall–Kier alpha value is -1.68. The van der Waals surface area contributed by atoms with Gasteiger partial charge in [0, 0.05) is 18.9 Å². The summed E-state index contributed by atoms with van der Waals surface area (Å²) in [6, 6.07) is 21.3. The highest BCUT2D eigenvalue weighted by Gasteiger charge is 2.47. The van der Waals surface area contributed by atoms with Crippen LogP contribution in [0.15, 0.2) is 60.7 Å². The minimum atomic E-state index is -0.523. The van der Waals surface area contributed by atoms with Crippen LogP contribution in [0.2, 0.25) is 0 Å². The Morgan fingerprint density at radius 1 is 0.870 bits per heavy atom. The van der Waals surface area contributed by atoms with E-state index in [4.69, 9.17) is 9.47 Å². The van der Waals surface area contributed by atoms with Gasteiger partial charge < -0.3 is 14.8 Å². The van der Waals surface area contributed by atoms with Crippen LogP contribution in [0.3, 0.4) is 0 Å². The van der Waals surface area contributed by atoms with Gasteiger partial charge in [-0.05, 0) is 17.5 Å². The molecule has 1 spiro atoms. The highest BCUT2D eigenvalue weighted by Crippen LogP contribution is 2.43. The molecule has 0 radical (unpaired) electrons. The third kappa shape index (κ3) is 2.92. The molecule has 3 nitrogen and oxygen atoms in total. The molecule has 0 aromatic heterocycles. The molecule has 0 saturated carbocycles. The maximum absolute atomic E-state index is 6.36. The van der Waals surface area contributed by atoms with E-state index in [1.54, 1.807) is 0 Å². The molecule has 4 rings (SSSR count). The van der Waals surface area contributed by atoms with Gasteiger partial charge >= 0.3 is 0 Å². The van der Waals surface area contributed by atoms with Crippen LogP contribution in [-0.4, -0.2) is 25.5 Å². The van der Waals surface area contributed by atoms with E-state index in [0.717, 1.165) is 26.0 Å². The topological polar surface area (TPSA) is 30.5 Å². The molecule has 0 unspecified atom stereocenters. The van der Waals surface area contributed by atoms with Crippen molar-refractivity contribution in [2.75, 3.05) is 19.8 Å². The molecule has 3 atom stereocenters. The van der Waals surface area contributed by atoms with Crippen molar-refractivity contribution in [3.63, 3.8) is 0 Å². The van der Waals surface area contributed by atoms with Gasteiger partial charge in [-0.15, -0.1) is 0 Å². The van der Waals surface area contributed by atoms with Crippen molar-refractivity contribution < 1.29 is 9.47 Å². The second-order valence-electron chi connectivity index (χ2n) is 6.42. The average Bonchev–Trinajstić information content (AvgIpc) is 2.64. The van der Waals surface area contributed by atoms with Crippen LogP contribution in [0.4, 0.5) is 0 Å². The van der Waals surface area contributed by atoms with Gasteiger partial charge in [-0.2, -0.15) is 0 Å². The lowest BCUT2D eigenvalue weighted by atomic mass is 9.85. The van der Waals surface area contributed by atoms with E-state index in [1.807, 2.05) is 6.07 Å². The van der Waals surface area contributed by atoms with E-state index < -0.39 is 5.79 Å². The third-order valence-electron chi connectivity index (χ3n) is 5.01. The fraction of sp³-hybridized carbons (Fsp3) is 0.400. The molecular formula is C20H23NO2. The molecule has 2 aliphatic rings. The fourth-order valence-corrected chi connectivity index (χ4v) is 3.79. The first-order valence-corrected chi connectivity index (χ1v) is 8.49. The summed E-state index contributed by atoms with van der Waals surface area (Å²) < 4.78 is 12.5. The molecule has 2 saturated heterocycles. The Morgan fingerprint density at radius 2 is 1.57 bits per heavy atom. The highest BCUT2D eigenvalue weighted by molar-refractivity contribution is 5.24. The standard InChI is InChI=1S/C20H23NO2/c1-3-7-16(8-4-1)18-11-12-20(23-15-18)19(21-13-14-22-20)17-9-5-2-6-10-17/h1-10,18-19,21H,11-15H2/t18-,19+,20-/m1/s1. The zero-order valence-corrected chi connectivity index (χ0v) is 13.3. The van der Waals surface area contributed by atoms with Crippen LogP contribution >= 0.6 is 0 Å². The van der Waals surface area contributed by atoms with E-state index in [2.05, 4.69) is 59.9 Å². The van der Waals surface area contributed by atoms with Gasteiger partial charge in [0.15, 0.2) is 5.79 Å². The summed E-state index contributed by atoms with van der Waals surface area (Å²) in [7, 11) is 0. The van der Waals surface area contributed by atoms with Gasteiger partial charge in [0.2, 0.25) is 0 Å². The molecule has 120 valence electrons. The number of morpholine rings is 1. The van der Waals surface area contributed by atoms with E-state index in [0.29, 0.717) is 12.5 Å². The Kier molecular flexibility index (Phi) is 4.17. The predicted molar refractivity (Wildman–Crippen MR) is 90.2 cm³/mol. The third-order valence-corrected chi connectivity index (χ3v) is 5.01. The van der Waals surface area contributed by atoms with Crippen LogP contribution in [0, 0.1) is 0 Å². The van der Waals surface area contributed by atoms with E-state index >= 15 is 0 Å². The SMILES string of the molecule is c1ccc([C@@H]2CC[C@@]3(OCCN[C@H]3c3ccccc3)OC2)cc1. The maximum atomic E-state index is 6.36.